The third kappa shape index (κ3) is 5.66. The molecule has 0 aliphatic heterocycles. The first kappa shape index (κ1) is 19.1. The van der Waals surface area contributed by atoms with Crippen LogP contribution in [-0.2, 0) is 16.0 Å². The Morgan fingerprint density at radius 3 is 2.36 bits per heavy atom. The molecule has 5 nitrogen and oxygen atoms in total. The Hall–Kier alpha value is -2.24. The number of rotatable bonds is 6. The molecule has 0 saturated heterocycles. The average molecular weight is 381 g/mol. The summed E-state index contributed by atoms with van der Waals surface area (Å²) in [5.41, 5.74) is 1.37. The lowest BCUT2D eigenvalue weighted by molar-refractivity contribution is -0.132. The standard InChI is InChI=1S/C18H18Cl2N2O3/c1-22(18(24)9-12-3-6-14(25-2)7-4-12)11-17(23)21-13-5-8-15(19)16(20)10-13/h3-8,10H,9,11H2,1-2H3,(H,21,23). The van der Waals surface area contributed by atoms with Crippen molar-refractivity contribution in [1.82, 2.24) is 4.90 Å². The lowest BCUT2D eigenvalue weighted by Crippen LogP contribution is -2.35. The number of amides is 2. The van der Waals surface area contributed by atoms with E-state index in [0.29, 0.717) is 15.7 Å². The van der Waals surface area contributed by atoms with Crippen molar-refractivity contribution in [3.8, 4) is 5.75 Å². The Balaban J connectivity index is 1.88. The summed E-state index contributed by atoms with van der Waals surface area (Å²) in [5, 5.41) is 3.44. The first-order valence-electron chi connectivity index (χ1n) is 7.51. The zero-order valence-corrected chi connectivity index (χ0v) is 15.4. The number of carbonyl (C=O) groups is 2. The predicted molar refractivity (Wildman–Crippen MR) is 99.4 cm³/mol. The molecule has 1 N–H and O–H groups in total. The Bertz CT molecular complexity index is 763. The molecule has 2 rings (SSSR count). The molecule has 0 fully saturated rings. The molecule has 7 heteroatoms. The summed E-state index contributed by atoms with van der Waals surface area (Å²) in [4.78, 5) is 25.7. The van der Waals surface area contributed by atoms with Gasteiger partial charge in [0.2, 0.25) is 11.8 Å². The number of halogens is 2. The van der Waals surface area contributed by atoms with Gasteiger partial charge in [0.05, 0.1) is 30.1 Å². The van der Waals surface area contributed by atoms with Gasteiger partial charge in [0.25, 0.3) is 0 Å². The third-order valence-corrected chi connectivity index (χ3v) is 4.26. The molecule has 0 heterocycles. The van der Waals surface area contributed by atoms with Crippen LogP contribution in [0.2, 0.25) is 10.0 Å². The number of carbonyl (C=O) groups excluding carboxylic acids is 2. The topological polar surface area (TPSA) is 58.6 Å². The van der Waals surface area contributed by atoms with E-state index in [1.54, 1.807) is 44.5 Å². The van der Waals surface area contributed by atoms with Gasteiger partial charge in [-0.3, -0.25) is 9.59 Å². The Morgan fingerprint density at radius 2 is 1.76 bits per heavy atom. The molecule has 0 atom stereocenters. The van der Waals surface area contributed by atoms with E-state index in [9.17, 15) is 9.59 Å². The third-order valence-electron chi connectivity index (χ3n) is 3.52. The zero-order valence-electron chi connectivity index (χ0n) is 13.9. The van der Waals surface area contributed by atoms with Gasteiger partial charge in [-0.05, 0) is 35.9 Å². The van der Waals surface area contributed by atoms with Crippen molar-refractivity contribution in [3.05, 3.63) is 58.1 Å². The number of anilines is 1. The fraction of sp³-hybridized carbons (Fsp3) is 0.222. The van der Waals surface area contributed by atoms with Gasteiger partial charge in [-0.25, -0.2) is 0 Å². The summed E-state index contributed by atoms with van der Waals surface area (Å²) in [6, 6.07) is 12.0. The number of hydrogen-bond donors (Lipinski definition) is 1. The van der Waals surface area contributed by atoms with Gasteiger partial charge in [-0.2, -0.15) is 0 Å². The minimum atomic E-state index is -0.316. The second-order valence-electron chi connectivity index (χ2n) is 5.45. The molecule has 0 bridgehead atoms. The minimum absolute atomic E-state index is 0.0603. The van der Waals surface area contributed by atoms with Crippen molar-refractivity contribution in [2.75, 3.05) is 26.0 Å². The number of hydrogen-bond acceptors (Lipinski definition) is 3. The van der Waals surface area contributed by atoms with Crippen molar-refractivity contribution in [3.63, 3.8) is 0 Å². The fourth-order valence-electron chi connectivity index (χ4n) is 2.13. The highest BCUT2D eigenvalue weighted by Crippen LogP contribution is 2.24. The SMILES string of the molecule is COc1ccc(CC(=O)N(C)CC(=O)Nc2ccc(Cl)c(Cl)c2)cc1. The molecular formula is C18H18Cl2N2O3. The van der Waals surface area contributed by atoms with Crippen LogP contribution in [0.4, 0.5) is 5.69 Å². The number of ether oxygens (including phenoxy) is 1. The Kier molecular flexibility index (Phi) is 6.67. The number of likely N-dealkylation sites (N-methyl/N-ethyl adjacent to an activating group) is 1. The summed E-state index contributed by atoms with van der Waals surface area (Å²) in [6.07, 6.45) is 0.209. The largest absolute Gasteiger partial charge is 0.497 e. The second kappa shape index (κ2) is 8.74. The van der Waals surface area contributed by atoms with Crippen LogP contribution in [0.15, 0.2) is 42.5 Å². The van der Waals surface area contributed by atoms with E-state index in [4.69, 9.17) is 27.9 Å². The lowest BCUT2D eigenvalue weighted by atomic mass is 10.1. The van der Waals surface area contributed by atoms with Gasteiger partial charge in [0, 0.05) is 12.7 Å². The van der Waals surface area contributed by atoms with Gasteiger partial charge in [0.15, 0.2) is 0 Å². The maximum Gasteiger partial charge on any atom is 0.243 e. The molecule has 0 aliphatic carbocycles. The highest BCUT2D eigenvalue weighted by molar-refractivity contribution is 6.42. The molecule has 2 amide bonds. The van der Waals surface area contributed by atoms with Crippen molar-refractivity contribution >= 4 is 40.7 Å². The van der Waals surface area contributed by atoms with E-state index in [1.807, 2.05) is 12.1 Å². The van der Waals surface area contributed by atoms with Crippen LogP contribution in [0, 0.1) is 0 Å². The van der Waals surface area contributed by atoms with Crippen LogP contribution in [0.1, 0.15) is 5.56 Å². The number of nitrogens with one attached hydrogen (secondary N) is 1. The molecular weight excluding hydrogens is 363 g/mol. The summed E-state index contributed by atoms with van der Waals surface area (Å²) in [5.74, 6) is 0.254. The zero-order chi connectivity index (χ0) is 18.4. The second-order valence-corrected chi connectivity index (χ2v) is 6.27. The van der Waals surface area contributed by atoms with Crippen LogP contribution in [-0.4, -0.2) is 37.4 Å². The molecule has 25 heavy (non-hydrogen) atoms. The summed E-state index contributed by atoms with van der Waals surface area (Å²) < 4.78 is 5.08. The smallest absolute Gasteiger partial charge is 0.243 e. The molecule has 2 aromatic carbocycles. The van der Waals surface area contributed by atoms with Crippen molar-refractivity contribution < 1.29 is 14.3 Å². The molecule has 0 spiro atoms. The molecule has 0 aliphatic rings. The molecule has 132 valence electrons. The van der Waals surface area contributed by atoms with Crippen molar-refractivity contribution in [1.29, 1.82) is 0 Å². The van der Waals surface area contributed by atoms with Gasteiger partial charge in [0.1, 0.15) is 5.75 Å². The summed E-state index contributed by atoms with van der Waals surface area (Å²) in [7, 11) is 3.17. The quantitative estimate of drug-likeness (QED) is 0.831. The first-order chi connectivity index (χ1) is 11.9. The normalized spacial score (nSPS) is 10.2. The average Bonchev–Trinajstić information content (AvgIpc) is 2.58. The van der Waals surface area contributed by atoms with E-state index in [1.165, 1.54) is 4.90 Å². The van der Waals surface area contributed by atoms with E-state index < -0.39 is 0 Å². The van der Waals surface area contributed by atoms with E-state index in [-0.39, 0.29) is 24.8 Å². The van der Waals surface area contributed by atoms with Crippen molar-refractivity contribution in [2.45, 2.75) is 6.42 Å². The fourth-order valence-corrected chi connectivity index (χ4v) is 2.43. The highest BCUT2D eigenvalue weighted by Gasteiger charge is 2.14. The minimum Gasteiger partial charge on any atom is -0.497 e. The van der Waals surface area contributed by atoms with Gasteiger partial charge >= 0.3 is 0 Å². The number of benzene rings is 2. The molecule has 0 aromatic heterocycles. The maximum absolute atomic E-state index is 12.2. The molecule has 2 aromatic rings. The number of nitrogens with zero attached hydrogens (tertiary/aromatic N) is 1. The van der Waals surface area contributed by atoms with Gasteiger partial charge < -0.3 is 15.0 Å². The molecule has 0 radical (unpaired) electrons. The summed E-state index contributed by atoms with van der Waals surface area (Å²) in [6.45, 7) is -0.0603. The Morgan fingerprint density at radius 1 is 1.08 bits per heavy atom. The maximum atomic E-state index is 12.2. The predicted octanol–water partition coefficient (Wildman–Crippen LogP) is 3.64. The highest BCUT2D eigenvalue weighted by atomic mass is 35.5. The van der Waals surface area contributed by atoms with Crippen LogP contribution in [0.25, 0.3) is 0 Å². The van der Waals surface area contributed by atoms with Crippen LogP contribution in [0.3, 0.4) is 0 Å². The van der Waals surface area contributed by atoms with Gasteiger partial charge in [-0.1, -0.05) is 35.3 Å². The molecule has 0 saturated carbocycles. The van der Waals surface area contributed by atoms with E-state index in [0.717, 1.165) is 11.3 Å². The van der Waals surface area contributed by atoms with Crippen molar-refractivity contribution in [2.24, 2.45) is 0 Å². The lowest BCUT2D eigenvalue weighted by Gasteiger charge is -2.17. The van der Waals surface area contributed by atoms with E-state index in [2.05, 4.69) is 5.32 Å². The van der Waals surface area contributed by atoms with E-state index >= 15 is 0 Å². The molecule has 0 unspecified atom stereocenters. The summed E-state index contributed by atoms with van der Waals surface area (Å²) >= 11 is 11.7. The Labute approximate surface area is 156 Å². The first-order valence-corrected chi connectivity index (χ1v) is 8.26. The van der Waals surface area contributed by atoms with Crippen LogP contribution < -0.4 is 10.1 Å². The monoisotopic (exact) mass is 380 g/mol. The van der Waals surface area contributed by atoms with Crippen LogP contribution >= 0.6 is 23.2 Å². The number of methoxy groups -OCH3 is 1. The van der Waals surface area contributed by atoms with Crippen LogP contribution in [0.5, 0.6) is 5.75 Å². The van der Waals surface area contributed by atoms with Gasteiger partial charge in [-0.15, -0.1) is 0 Å².